The molecule has 0 saturated heterocycles. The van der Waals surface area contributed by atoms with Gasteiger partial charge in [-0.15, -0.1) is 0 Å². The predicted octanol–water partition coefficient (Wildman–Crippen LogP) is 1.70. The Balaban J connectivity index is 3.21. The van der Waals surface area contributed by atoms with E-state index in [0.29, 0.717) is 4.60 Å². The first-order chi connectivity index (χ1) is 4.50. The number of aromatic amines is 1. The third-order valence-corrected chi connectivity index (χ3v) is 2.61. The van der Waals surface area contributed by atoms with E-state index in [1.807, 2.05) is 0 Å². The van der Waals surface area contributed by atoms with Gasteiger partial charge in [0.15, 0.2) is 0 Å². The molecule has 0 aliphatic heterocycles. The molecule has 1 rings (SSSR count). The van der Waals surface area contributed by atoms with E-state index < -0.39 is 9.05 Å². The third-order valence-electron chi connectivity index (χ3n) is 0.886. The van der Waals surface area contributed by atoms with Crippen LogP contribution >= 0.6 is 26.6 Å². The first-order valence-corrected chi connectivity index (χ1v) is 5.39. The Morgan fingerprint density at radius 2 is 2.10 bits per heavy atom. The molecule has 0 atom stereocenters. The van der Waals surface area contributed by atoms with Crippen LogP contribution < -0.4 is 0 Å². The van der Waals surface area contributed by atoms with Crippen LogP contribution in [0.4, 0.5) is 0 Å². The maximum Gasteiger partial charge on any atom is 0.276 e. The van der Waals surface area contributed by atoms with Crippen molar-refractivity contribution in [1.82, 2.24) is 4.98 Å². The fourth-order valence-corrected chi connectivity index (χ4v) is 1.70. The summed E-state index contributed by atoms with van der Waals surface area (Å²) in [5.41, 5.74) is 0. The van der Waals surface area contributed by atoms with Gasteiger partial charge in [-0.3, -0.25) is 0 Å². The van der Waals surface area contributed by atoms with E-state index in [9.17, 15) is 8.42 Å². The second kappa shape index (κ2) is 2.56. The van der Waals surface area contributed by atoms with Gasteiger partial charge in [0, 0.05) is 10.7 Å². The average molecular weight is 244 g/mol. The maximum absolute atomic E-state index is 10.6. The normalized spacial score (nSPS) is 11.8. The molecular formula is C4H3BrClNO2S. The Morgan fingerprint density at radius 1 is 1.50 bits per heavy atom. The fraction of sp³-hybridized carbons (Fsp3) is 0. The molecule has 6 heteroatoms. The highest BCUT2D eigenvalue weighted by Gasteiger charge is 2.10. The summed E-state index contributed by atoms with van der Waals surface area (Å²) in [4.78, 5) is 2.51. The second-order valence-corrected chi connectivity index (χ2v) is 5.00. The molecular weight excluding hydrogens is 241 g/mol. The summed E-state index contributed by atoms with van der Waals surface area (Å²) in [7, 11) is 1.40. The molecule has 0 spiro atoms. The van der Waals surface area contributed by atoms with E-state index in [1.54, 1.807) is 6.07 Å². The number of halogens is 2. The zero-order valence-electron chi connectivity index (χ0n) is 4.64. The van der Waals surface area contributed by atoms with Gasteiger partial charge in [-0.2, -0.15) is 0 Å². The van der Waals surface area contributed by atoms with Crippen LogP contribution in [0.2, 0.25) is 0 Å². The van der Waals surface area contributed by atoms with Crippen molar-refractivity contribution in [3.8, 4) is 0 Å². The van der Waals surface area contributed by atoms with E-state index in [2.05, 4.69) is 20.9 Å². The number of hydrogen-bond donors (Lipinski definition) is 1. The zero-order chi connectivity index (χ0) is 7.78. The Labute approximate surface area is 70.9 Å². The molecule has 1 heterocycles. The molecule has 0 radical (unpaired) electrons. The standard InChI is InChI=1S/C4H3BrClNO2S/c5-3-1-2-4(7-3)10(6,8)9/h1-2,7H. The lowest BCUT2D eigenvalue weighted by Crippen LogP contribution is -1.88. The highest BCUT2D eigenvalue weighted by atomic mass is 79.9. The Hall–Kier alpha value is -0.000000000000000111. The van der Waals surface area contributed by atoms with Crippen LogP contribution in [-0.4, -0.2) is 13.4 Å². The number of H-pyrrole nitrogens is 1. The van der Waals surface area contributed by atoms with Crippen LogP contribution in [0.25, 0.3) is 0 Å². The highest BCUT2D eigenvalue weighted by molar-refractivity contribution is 9.10. The van der Waals surface area contributed by atoms with Crippen LogP contribution in [0, 0.1) is 0 Å². The molecule has 0 fully saturated rings. The number of nitrogens with one attached hydrogen (secondary N) is 1. The summed E-state index contributed by atoms with van der Waals surface area (Å²) in [5.74, 6) is 0. The minimum absolute atomic E-state index is 0.000965. The van der Waals surface area contributed by atoms with Crippen molar-refractivity contribution in [3.63, 3.8) is 0 Å². The summed E-state index contributed by atoms with van der Waals surface area (Å²) in [6.07, 6.45) is 0. The first kappa shape index (κ1) is 8.10. The van der Waals surface area contributed by atoms with Gasteiger partial charge in [0.25, 0.3) is 9.05 Å². The minimum Gasteiger partial charge on any atom is -0.339 e. The summed E-state index contributed by atoms with van der Waals surface area (Å²) in [6.45, 7) is 0. The molecule has 0 aliphatic carbocycles. The summed E-state index contributed by atoms with van der Waals surface area (Å²) in [5, 5.41) is 0.000965. The molecule has 0 saturated carbocycles. The van der Waals surface area contributed by atoms with Crippen LogP contribution in [0.15, 0.2) is 21.8 Å². The quantitative estimate of drug-likeness (QED) is 0.765. The van der Waals surface area contributed by atoms with Crippen molar-refractivity contribution in [2.45, 2.75) is 5.03 Å². The molecule has 3 nitrogen and oxygen atoms in total. The van der Waals surface area contributed by atoms with Crippen molar-refractivity contribution < 1.29 is 8.42 Å². The molecule has 1 aromatic rings. The largest absolute Gasteiger partial charge is 0.339 e. The van der Waals surface area contributed by atoms with E-state index in [4.69, 9.17) is 10.7 Å². The van der Waals surface area contributed by atoms with E-state index >= 15 is 0 Å². The van der Waals surface area contributed by atoms with Crippen LogP contribution in [-0.2, 0) is 9.05 Å². The molecule has 0 aromatic carbocycles. The van der Waals surface area contributed by atoms with E-state index in [-0.39, 0.29) is 5.03 Å². The van der Waals surface area contributed by atoms with Crippen molar-refractivity contribution in [2.75, 3.05) is 0 Å². The lowest BCUT2D eigenvalue weighted by Gasteiger charge is -1.86. The third kappa shape index (κ3) is 1.74. The molecule has 0 aliphatic rings. The number of rotatable bonds is 1. The van der Waals surface area contributed by atoms with Gasteiger partial charge in [0.05, 0.1) is 4.60 Å². The van der Waals surface area contributed by atoms with Crippen LogP contribution in [0.1, 0.15) is 0 Å². The SMILES string of the molecule is O=S(=O)(Cl)c1ccc(Br)[nH]1. The molecule has 56 valence electrons. The number of hydrogen-bond acceptors (Lipinski definition) is 2. The van der Waals surface area contributed by atoms with Crippen molar-refractivity contribution >= 4 is 35.7 Å². The second-order valence-electron chi connectivity index (χ2n) is 1.61. The van der Waals surface area contributed by atoms with Crippen molar-refractivity contribution in [1.29, 1.82) is 0 Å². The Bertz CT molecular complexity index is 331. The minimum atomic E-state index is -3.60. The van der Waals surface area contributed by atoms with Gasteiger partial charge in [0.1, 0.15) is 5.03 Å². The predicted molar refractivity (Wildman–Crippen MR) is 41.5 cm³/mol. The number of aromatic nitrogens is 1. The smallest absolute Gasteiger partial charge is 0.276 e. The van der Waals surface area contributed by atoms with E-state index in [1.165, 1.54) is 6.07 Å². The molecule has 0 bridgehead atoms. The Kier molecular flexibility index (Phi) is 2.07. The van der Waals surface area contributed by atoms with E-state index in [0.717, 1.165) is 0 Å². The maximum atomic E-state index is 10.6. The van der Waals surface area contributed by atoms with Gasteiger partial charge in [-0.05, 0) is 28.1 Å². The summed E-state index contributed by atoms with van der Waals surface area (Å²) in [6, 6.07) is 2.95. The van der Waals surface area contributed by atoms with Crippen molar-refractivity contribution in [2.24, 2.45) is 0 Å². The monoisotopic (exact) mass is 243 g/mol. The molecule has 1 N–H and O–H groups in total. The Morgan fingerprint density at radius 3 is 2.30 bits per heavy atom. The van der Waals surface area contributed by atoms with Gasteiger partial charge in [0.2, 0.25) is 0 Å². The zero-order valence-corrected chi connectivity index (χ0v) is 7.79. The van der Waals surface area contributed by atoms with Gasteiger partial charge >= 0.3 is 0 Å². The first-order valence-electron chi connectivity index (χ1n) is 2.29. The lowest BCUT2D eigenvalue weighted by atomic mass is 10.7. The van der Waals surface area contributed by atoms with Gasteiger partial charge in [-0.1, -0.05) is 0 Å². The fourth-order valence-electron chi connectivity index (χ4n) is 0.492. The van der Waals surface area contributed by atoms with Gasteiger partial charge < -0.3 is 4.98 Å². The average Bonchev–Trinajstić information content (AvgIpc) is 2.11. The molecule has 0 amide bonds. The highest BCUT2D eigenvalue weighted by Crippen LogP contribution is 2.16. The van der Waals surface area contributed by atoms with Gasteiger partial charge in [-0.25, -0.2) is 8.42 Å². The van der Waals surface area contributed by atoms with Crippen LogP contribution in [0.5, 0.6) is 0 Å². The topological polar surface area (TPSA) is 49.9 Å². The lowest BCUT2D eigenvalue weighted by molar-refractivity contribution is 0.606. The van der Waals surface area contributed by atoms with Crippen LogP contribution in [0.3, 0.4) is 0 Å². The molecule has 1 aromatic heterocycles. The van der Waals surface area contributed by atoms with Crippen molar-refractivity contribution in [3.05, 3.63) is 16.7 Å². The summed E-state index contributed by atoms with van der Waals surface area (Å²) >= 11 is 3.05. The molecule has 10 heavy (non-hydrogen) atoms. The molecule has 0 unspecified atom stereocenters. The summed E-state index contributed by atoms with van der Waals surface area (Å²) < 4.78 is 21.7.